The summed E-state index contributed by atoms with van der Waals surface area (Å²) >= 11 is 5.87. The van der Waals surface area contributed by atoms with Gasteiger partial charge in [-0.15, -0.1) is 0 Å². The molecule has 0 bridgehead atoms. The van der Waals surface area contributed by atoms with E-state index < -0.39 is 6.10 Å². The third-order valence-corrected chi connectivity index (χ3v) is 3.25. The SMILES string of the molecule is COc1ccccc1/C=N\O[C@@H](C)C(=O)Nc1cccc(Cl)c1. The highest BCUT2D eigenvalue weighted by Crippen LogP contribution is 2.16. The van der Waals surface area contributed by atoms with Gasteiger partial charge in [0.15, 0.2) is 0 Å². The number of halogens is 1. The Morgan fingerprint density at radius 1 is 1.26 bits per heavy atom. The first-order valence-electron chi connectivity index (χ1n) is 6.99. The lowest BCUT2D eigenvalue weighted by Crippen LogP contribution is -2.26. The van der Waals surface area contributed by atoms with Crippen LogP contribution in [0.25, 0.3) is 0 Å². The lowest BCUT2D eigenvalue weighted by molar-refractivity contribution is -0.126. The number of oxime groups is 1. The maximum absolute atomic E-state index is 12.0. The van der Waals surface area contributed by atoms with Crippen molar-refractivity contribution in [2.24, 2.45) is 5.16 Å². The van der Waals surface area contributed by atoms with Crippen LogP contribution < -0.4 is 10.1 Å². The molecule has 2 aromatic carbocycles. The van der Waals surface area contributed by atoms with Crippen molar-refractivity contribution in [1.29, 1.82) is 0 Å². The van der Waals surface area contributed by atoms with Crippen LogP contribution in [0.1, 0.15) is 12.5 Å². The molecule has 0 saturated carbocycles. The van der Waals surface area contributed by atoms with Crippen LogP contribution in [0, 0.1) is 0 Å². The summed E-state index contributed by atoms with van der Waals surface area (Å²) in [5.74, 6) is 0.361. The second-order valence-electron chi connectivity index (χ2n) is 4.72. The molecular weight excluding hydrogens is 316 g/mol. The van der Waals surface area contributed by atoms with Crippen molar-refractivity contribution in [2.75, 3.05) is 12.4 Å². The molecule has 2 rings (SSSR count). The zero-order chi connectivity index (χ0) is 16.7. The molecule has 0 fully saturated rings. The van der Waals surface area contributed by atoms with Crippen molar-refractivity contribution in [3.63, 3.8) is 0 Å². The van der Waals surface area contributed by atoms with Gasteiger partial charge < -0.3 is 14.9 Å². The molecule has 0 saturated heterocycles. The zero-order valence-corrected chi connectivity index (χ0v) is 13.6. The van der Waals surface area contributed by atoms with E-state index in [1.807, 2.05) is 24.3 Å². The Labute approximate surface area is 139 Å². The zero-order valence-electron chi connectivity index (χ0n) is 12.8. The summed E-state index contributed by atoms with van der Waals surface area (Å²) in [6, 6.07) is 14.3. The normalized spacial score (nSPS) is 12.0. The fourth-order valence-corrected chi connectivity index (χ4v) is 2.00. The molecule has 0 heterocycles. The highest BCUT2D eigenvalue weighted by Gasteiger charge is 2.14. The number of carbonyl (C=O) groups excluding carboxylic acids is 1. The minimum absolute atomic E-state index is 0.315. The van der Waals surface area contributed by atoms with Crippen LogP contribution in [0.15, 0.2) is 53.7 Å². The van der Waals surface area contributed by atoms with E-state index in [0.717, 1.165) is 5.56 Å². The van der Waals surface area contributed by atoms with Crippen molar-refractivity contribution >= 4 is 29.4 Å². The molecule has 23 heavy (non-hydrogen) atoms. The molecule has 0 radical (unpaired) electrons. The number of carbonyl (C=O) groups is 1. The maximum atomic E-state index is 12.0. The average Bonchev–Trinajstić information content (AvgIpc) is 2.55. The Hall–Kier alpha value is -2.53. The number of para-hydroxylation sites is 1. The van der Waals surface area contributed by atoms with Gasteiger partial charge in [0.25, 0.3) is 5.91 Å². The lowest BCUT2D eigenvalue weighted by Gasteiger charge is -2.10. The molecule has 0 aliphatic heterocycles. The fraction of sp³-hybridized carbons (Fsp3) is 0.176. The van der Waals surface area contributed by atoms with E-state index in [-0.39, 0.29) is 5.91 Å². The van der Waals surface area contributed by atoms with E-state index >= 15 is 0 Å². The summed E-state index contributed by atoms with van der Waals surface area (Å²) in [6.45, 7) is 1.61. The Balaban J connectivity index is 1.92. The largest absolute Gasteiger partial charge is 0.496 e. The standard InChI is InChI=1S/C17H17ClN2O3/c1-12(17(21)20-15-8-5-7-14(18)10-15)23-19-11-13-6-3-4-9-16(13)22-2/h3-12H,1-2H3,(H,20,21)/b19-11-/t12-/m0/s1. The number of nitrogens with one attached hydrogen (secondary N) is 1. The minimum atomic E-state index is -0.750. The number of nitrogens with zero attached hydrogens (tertiary/aromatic N) is 1. The minimum Gasteiger partial charge on any atom is -0.496 e. The fourth-order valence-electron chi connectivity index (χ4n) is 1.81. The Morgan fingerprint density at radius 2 is 2.04 bits per heavy atom. The molecule has 0 aromatic heterocycles. The van der Waals surface area contributed by atoms with E-state index in [4.69, 9.17) is 21.2 Å². The lowest BCUT2D eigenvalue weighted by atomic mass is 10.2. The summed E-state index contributed by atoms with van der Waals surface area (Å²) in [5.41, 5.74) is 1.36. The van der Waals surface area contributed by atoms with Crippen LogP contribution in [0.2, 0.25) is 5.02 Å². The third kappa shape index (κ3) is 5.00. The Kier molecular flexibility index (Phi) is 6.00. The highest BCUT2D eigenvalue weighted by molar-refractivity contribution is 6.30. The number of methoxy groups -OCH3 is 1. The van der Waals surface area contributed by atoms with E-state index in [9.17, 15) is 4.79 Å². The summed E-state index contributed by atoms with van der Waals surface area (Å²) in [4.78, 5) is 17.2. The number of ether oxygens (including phenoxy) is 1. The number of benzene rings is 2. The van der Waals surface area contributed by atoms with Gasteiger partial charge in [-0.2, -0.15) is 0 Å². The third-order valence-electron chi connectivity index (χ3n) is 3.01. The van der Waals surface area contributed by atoms with Crippen molar-refractivity contribution in [3.8, 4) is 5.75 Å². The topological polar surface area (TPSA) is 59.9 Å². The van der Waals surface area contributed by atoms with Crippen molar-refractivity contribution < 1.29 is 14.4 Å². The molecular formula is C17H17ClN2O3. The molecule has 2 aromatic rings. The molecule has 0 aliphatic carbocycles. The first kappa shape index (κ1) is 16.8. The second-order valence-corrected chi connectivity index (χ2v) is 5.16. The average molecular weight is 333 g/mol. The predicted molar refractivity (Wildman–Crippen MR) is 91.2 cm³/mol. The van der Waals surface area contributed by atoms with Crippen LogP contribution in [-0.4, -0.2) is 25.3 Å². The smallest absolute Gasteiger partial charge is 0.267 e. The van der Waals surface area contributed by atoms with Gasteiger partial charge in [-0.3, -0.25) is 4.79 Å². The molecule has 0 aliphatic rings. The van der Waals surface area contributed by atoms with Gasteiger partial charge in [0.1, 0.15) is 5.75 Å². The van der Waals surface area contributed by atoms with Crippen LogP contribution in [0.4, 0.5) is 5.69 Å². The molecule has 120 valence electrons. The molecule has 5 nitrogen and oxygen atoms in total. The summed E-state index contributed by atoms with van der Waals surface area (Å²) in [6.07, 6.45) is 0.752. The maximum Gasteiger partial charge on any atom is 0.267 e. The molecule has 0 unspecified atom stereocenters. The molecule has 1 amide bonds. The summed E-state index contributed by atoms with van der Waals surface area (Å²) in [7, 11) is 1.58. The Morgan fingerprint density at radius 3 is 2.78 bits per heavy atom. The second kappa shape index (κ2) is 8.19. The van der Waals surface area contributed by atoms with E-state index in [1.165, 1.54) is 6.21 Å². The van der Waals surface area contributed by atoms with Gasteiger partial charge in [0.05, 0.1) is 13.3 Å². The van der Waals surface area contributed by atoms with Crippen LogP contribution in [0.3, 0.4) is 0 Å². The van der Waals surface area contributed by atoms with Gasteiger partial charge in [0.2, 0.25) is 6.10 Å². The number of anilines is 1. The van der Waals surface area contributed by atoms with Crippen molar-refractivity contribution in [2.45, 2.75) is 13.0 Å². The monoisotopic (exact) mass is 332 g/mol. The van der Waals surface area contributed by atoms with Crippen LogP contribution in [-0.2, 0) is 9.63 Å². The molecule has 1 atom stereocenters. The molecule has 6 heteroatoms. The van der Waals surface area contributed by atoms with Crippen molar-refractivity contribution in [1.82, 2.24) is 0 Å². The highest BCUT2D eigenvalue weighted by atomic mass is 35.5. The Bertz CT molecular complexity index is 704. The van der Waals surface area contributed by atoms with Gasteiger partial charge in [-0.25, -0.2) is 0 Å². The number of rotatable bonds is 6. The molecule has 0 spiro atoms. The van der Waals surface area contributed by atoms with Crippen LogP contribution >= 0.6 is 11.6 Å². The van der Waals surface area contributed by atoms with Gasteiger partial charge in [-0.1, -0.05) is 35.0 Å². The summed E-state index contributed by atoms with van der Waals surface area (Å²) in [5, 5.41) is 7.09. The van der Waals surface area contributed by atoms with E-state index in [2.05, 4.69) is 10.5 Å². The van der Waals surface area contributed by atoms with Crippen LogP contribution in [0.5, 0.6) is 5.75 Å². The van der Waals surface area contributed by atoms with Gasteiger partial charge in [0, 0.05) is 16.3 Å². The predicted octanol–water partition coefficient (Wildman–Crippen LogP) is 3.73. The van der Waals surface area contributed by atoms with Crippen molar-refractivity contribution in [3.05, 3.63) is 59.1 Å². The first-order valence-corrected chi connectivity index (χ1v) is 7.36. The van der Waals surface area contributed by atoms with Gasteiger partial charge >= 0.3 is 0 Å². The first-order chi connectivity index (χ1) is 11.1. The number of hydrogen-bond donors (Lipinski definition) is 1. The van der Waals surface area contributed by atoms with Gasteiger partial charge in [-0.05, 0) is 37.3 Å². The summed E-state index contributed by atoms with van der Waals surface area (Å²) < 4.78 is 5.20. The van der Waals surface area contributed by atoms with E-state index in [0.29, 0.717) is 16.5 Å². The van der Waals surface area contributed by atoms with E-state index in [1.54, 1.807) is 38.3 Å². The number of amides is 1. The number of hydrogen-bond acceptors (Lipinski definition) is 4. The molecule has 1 N–H and O–H groups in total. The quantitative estimate of drug-likeness (QED) is 0.647.